The molecule has 1 aromatic heterocycles. The lowest BCUT2D eigenvalue weighted by molar-refractivity contribution is 0.0952. The van der Waals surface area contributed by atoms with Crippen LogP contribution in [0.5, 0.6) is 0 Å². The van der Waals surface area contributed by atoms with Crippen LogP contribution in [0.1, 0.15) is 42.4 Å². The molecule has 1 unspecified atom stereocenters. The molecule has 0 aliphatic heterocycles. The molecule has 5 nitrogen and oxygen atoms in total. The van der Waals surface area contributed by atoms with Crippen molar-refractivity contribution in [2.45, 2.75) is 32.0 Å². The number of rotatable bonds is 9. The van der Waals surface area contributed by atoms with Crippen LogP contribution in [-0.4, -0.2) is 34.3 Å². The topological polar surface area (TPSA) is 66.9 Å². The molecular formula is C20H23ClF2N4OS. The maximum atomic E-state index is 14.3. The van der Waals surface area contributed by atoms with E-state index >= 15 is 0 Å². The molecule has 0 radical (unpaired) electrons. The van der Waals surface area contributed by atoms with E-state index in [1.165, 1.54) is 50.1 Å². The number of alkyl halides is 1. The predicted molar refractivity (Wildman–Crippen MR) is 115 cm³/mol. The van der Waals surface area contributed by atoms with Gasteiger partial charge >= 0.3 is 0 Å². The number of aromatic nitrogens is 2. The Balaban J connectivity index is 2.15. The zero-order valence-electron chi connectivity index (χ0n) is 16.4. The first kappa shape index (κ1) is 23.1. The van der Waals surface area contributed by atoms with Gasteiger partial charge < -0.3 is 10.6 Å². The van der Waals surface area contributed by atoms with Gasteiger partial charge in [0.25, 0.3) is 5.91 Å². The standard InChI is InChI=1S/C20H23ClF2N4OS/c1-20(2,23)10-15(13-6-4-7-14(22)18(13)21)27-17-12-25-16(11-26-17)19(28)24-8-5-9-29-3/h4-7,9,11-12,15H,8,10H2,1-3H3,(H,24,28)(H,26,27)/b9-5+. The van der Waals surface area contributed by atoms with Crippen LogP contribution in [0, 0.1) is 5.82 Å². The maximum Gasteiger partial charge on any atom is 0.271 e. The lowest BCUT2D eigenvalue weighted by Gasteiger charge is -2.26. The van der Waals surface area contributed by atoms with E-state index in [1.54, 1.807) is 6.07 Å². The number of anilines is 1. The second-order valence-electron chi connectivity index (χ2n) is 6.87. The van der Waals surface area contributed by atoms with E-state index in [9.17, 15) is 13.6 Å². The Hall–Kier alpha value is -2.19. The summed E-state index contributed by atoms with van der Waals surface area (Å²) in [4.78, 5) is 20.3. The van der Waals surface area contributed by atoms with Gasteiger partial charge in [0.1, 0.15) is 23.0 Å². The summed E-state index contributed by atoms with van der Waals surface area (Å²) in [5.41, 5.74) is -0.967. The van der Waals surface area contributed by atoms with Crippen LogP contribution < -0.4 is 10.6 Å². The summed E-state index contributed by atoms with van der Waals surface area (Å²) in [5.74, 6) is -0.621. The highest BCUT2D eigenvalue weighted by Gasteiger charge is 2.26. The maximum absolute atomic E-state index is 14.3. The average molecular weight is 441 g/mol. The molecule has 0 aliphatic rings. The summed E-state index contributed by atoms with van der Waals surface area (Å²) in [7, 11) is 0. The minimum absolute atomic E-state index is 0.0296. The number of amides is 1. The first-order valence-corrected chi connectivity index (χ1v) is 10.6. The molecule has 9 heteroatoms. The number of benzene rings is 1. The molecule has 0 spiro atoms. The van der Waals surface area contributed by atoms with Crippen molar-refractivity contribution in [2.75, 3.05) is 18.1 Å². The van der Waals surface area contributed by atoms with Crippen LogP contribution in [-0.2, 0) is 0 Å². The van der Waals surface area contributed by atoms with E-state index in [0.29, 0.717) is 17.9 Å². The van der Waals surface area contributed by atoms with Gasteiger partial charge in [-0.25, -0.2) is 18.7 Å². The molecule has 156 valence electrons. The van der Waals surface area contributed by atoms with E-state index in [-0.39, 0.29) is 23.0 Å². The summed E-state index contributed by atoms with van der Waals surface area (Å²) < 4.78 is 28.2. The van der Waals surface area contributed by atoms with Gasteiger partial charge in [-0.2, -0.15) is 0 Å². The van der Waals surface area contributed by atoms with Gasteiger partial charge in [0.05, 0.1) is 23.5 Å². The molecule has 1 aromatic carbocycles. The van der Waals surface area contributed by atoms with Gasteiger partial charge in [0.15, 0.2) is 0 Å². The van der Waals surface area contributed by atoms with Gasteiger partial charge in [-0.1, -0.05) is 29.8 Å². The molecule has 0 aliphatic carbocycles. The summed E-state index contributed by atoms with van der Waals surface area (Å²) in [6.45, 7) is 3.24. The molecule has 2 aromatic rings. The number of halogens is 3. The number of nitrogens with zero attached hydrogens (tertiary/aromatic N) is 2. The monoisotopic (exact) mass is 440 g/mol. The third-order valence-electron chi connectivity index (χ3n) is 3.87. The third-order valence-corrected chi connectivity index (χ3v) is 4.73. The Morgan fingerprint density at radius 2 is 2.10 bits per heavy atom. The zero-order valence-corrected chi connectivity index (χ0v) is 18.0. The van der Waals surface area contributed by atoms with Crippen molar-refractivity contribution in [3.63, 3.8) is 0 Å². The molecule has 2 N–H and O–H groups in total. The number of carbonyl (C=O) groups excluding carboxylic acids is 1. The van der Waals surface area contributed by atoms with Crippen LogP contribution in [0.4, 0.5) is 14.6 Å². The highest BCUT2D eigenvalue weighted by Crippen LogP contribution is 2.34. The normalized spacial score (nSPS) is 12.8. The smallest absolute Gasteiger partial charge is 0.271 e. The molecule has 0 fully saturated rings. The minimum Gasteiger partial charge on any atom is -0.362 e. The Bertz CT molecular complexity index is 857. The fourth-order valence-corrected chi connectivity index (χ4v) is 3.14. The number of hydrogen-bond donors (Lipinski definition) is 2. The summed E-state index contributed by atoms with van der Waals surface area (Å²) in [6.07, 6.45) is 6.46. The van der Waals surface area contributed by atoms with Crippen LogP contribution in [0.2, 0.25) is 5.02 Å². The Kier molecular flexibility index (Phi) is 8.40. The molecule has 0 saturated carbocycles. The van der Waals surface area contributed by atoms with Crippen LogP contribution in [0.25, 0.3) is 0 Å². The number of hydrogen-bond acceptors (Lipinski definition) is 5. The van der Waals surface area contributed by atoms with Crippen LogP contribution in [0.3, 0.4) is 0 Å². The first-order chi connectivity index (χ1) is 13.7. The quantitative estimate of drug-likeness (QED) is 0.563. The largest absolute Gasteiger partial charge is 0.362 e. The average Bonchev–Trinajstić information content (AvgIpc) is 2.66. The summed E-state index contributed by atoms with van der Waals surface area (Å²) >= 11 is 7.62. The molecule has 0 bridgehead atoms. The second kappa shape index (κ2) is 10.5. The highest BCUT2D eigenvalue weighted by atomic mass is 35.5. The minimum atomic E-state index is -1.54. The lowest BCUT2D eigenvalue weighted by Crippen LogP contribution is -2.25. The van der Waals surface area contributed by atoms with Crippen molar-refractivity contribution in [2.24, 2.45) is 0 Å². The molecule has 1 atom stereocenters. The first-order valence-electron chi connectivity index (χ1n) is 8.88. The predicted octanol–water partition coefficient (Wildman–Crippen LogP) is 5.17. The Morgan fingerprint density at radius 3 is 2.72 bits per heavy atom. The van der Waals surface area contributed by atoms with Crippen molar-refractivity contribution in [1.29, 1.82) is 0 Å². The second-order valence-corrected chi connectivity index (χ2v) is 7.99. The Morgan fingerprint density at radius 1 is 1.34 bits per heavy atom. The molecule has 29 heavy (non-hydrogen) atoms. The number of carbonyl (C=O) groups is 1. The van der Waals surface area contributed by atoms with Crippen LogP contribution >= 0.6 is 23.4 Å². The summed E-state index contributed by atoms with van der Waals surface area (Å²) in [6, 6.07) is 3.75. The van der Waals surface area contributed by atoms with Gasteiger partial charge in [0, 0.05) is 13.0 Å². The van der Waals surface area contributed by atoms with Gasteiger partial charge in [-0.15, -0.1) is 11.8 Å². The van der Waals surface area contributed by atoms with E-state index in [4.69, 9.17) is 11.6 Å². The molecule has 0 saturated heterocycles. The fraction of sp³-hybridized carbons (Fsp3) is 0.350. The Labute approximate surface area is 178 Å². The fourth-order valence-electron chi connectivity index (χ4n) is 2.60. The zero-order chi connectivity index (χ0) is 21.4. The highest BCUT2D eigenvalue weighted by molar-refractivity contribution is 8.01. The molecule has 1 amide bonds. The van der Waals surface area contributed by atoms with E-state index < -0.39 is 17.5 Å². The van der Waals surface area contributed by atoms with Gasteiger partial charge in [-0.05, 0) is 37.1 Å². The SMILES string of the molecule is CS/C=C/CNC(=O)c1cnc(NC(CC(C)(C)F)c2cccc(F)c2Cl)cn1. The van der Waals surface area contributed by atoms with Crippen molar-refractivity contribution >= 4 is 35.1 Å². The van der Waals surface area contributed by atoms with Crippen molar-refractivity contribution in [1.82, 2.24) is 15.3 Å². The van der Waals surface area contributed by atoms with E-state index in [2.05, 4.69) is 20.6 Å². The number of thioether (sulfide) groups is 1. The summed E-state index contributed by atoms with van der Waals surface area (Å²) in [5, 5.41) is 7.52. The van der Waals surface area contributed by atoms with E-state index in [1.807, 2.05) is 17.7 Å². The van der Waals surface area contributed by atoms with Crippen molar-refractivity contribution < 1.29 is 13.6 Å². The molecule has 1 heterocycles. The number of nitrogens with one attached hydrogen (secondary N) is 2. The van der Waals surface area contributed by atoms with E-state index in [0.717, 1.165) is 0 Å². The van der Waals surface area contributed by atoms with Gasteiger partial charge in [0.2, 0.25) is 0 Å². The lowest BCUT2D eigenvalue weighted by atomic mass is 9.95. The van der Waals surface area contributed by atoms with Crippen molar-refractivity contribution in [3.8, 4) is 0 Å². The third kappa shape index (κ3) is 7.29. The molecule has 2 rings (SSSR count). The van der Waals surface area contributed by atoms with Crippen molar-refractivity contribution in [3.05, 3.63) is 64.2 Å². The molecular weight excluding hydrogens is 418 g/mol. The van der Waals surface area contributed by atoms with Gasteiger partial charge in [-0.3, -0.25) is 4.79 Å². The van der Waals surface area contributed by atoms with Crippen LogP contribution in [0.15, 0.2) is 42.1 Å².